The first-order valence-corrected chi connectivity index (χ1v) is 7.27. The quantitative estimate of drug-likeness (QED) is 0.848. The lowest BCUT2D eigenvalue weighted by atomic mass is 10.1. The highest BCUT2D eigenvalue weighted by Gasteiger charge is 2.23. The number of ether oxygens (including phenoxy) is 1. The minimum absolute atomic E-state index is 0.163. The molecular weight excluding hydrogens is 266 g/mol. The number of aryl methyl sites for hydroxylation is 1. The first-order valence-electron chi connectivity index (χ1n) is 7.27. The van der Waals surface area contributed by atoms with Gasteiger partial charge in [-0.3, -0.25) is 0 Å². The summed E-state index contributed by atoms with van der Waals surface area (Å²) in [5, 5.41) is 3.99. The highest BCUT2D eigenvalue weighted by atomic mass is 16.5. The zero-order chi connectivity index (χ0) is 15.2. The molecule has 5 heteroatoms. The Hall–Kier alpha value is -1.72. The fraction of sp³-hybridized carbons (Fsp3) is 0.500. The molecule has 2 N–H and O–H groups in total. The molecule has 21 heavy (non-hydrogen) atoms. The van der Waals surface area contributed by atoms with Crippen molar-refractivity contribution in [1.82, 2.24) is 10.1 Å². The molecule has 0 radical (unpaired) electrons. The molecule has 0 aliphatic rings. The maximum Gasteiger partial charge on any atom is 0.243 e. The van der Waals surface area contributed by atoms with Crippen LogP contribution in [-0.2, 0) is 11.2 Å². The summed E-state index contributed by atoms with van der Waals surface area (Å²) in [6.45, 7) is 4.11. The Morgan fingerprint density at radius 3 is 2.57 bits per heavy atom. The van der Waals surface area contributed by atoms with E-state index in [4.69, 9.17) is 15.0 Å². The van der Waals surface area contributed by atoms with E-state index >= 15 is 0 Å². The molecule has 2 atom stereocenters. The monoisotopic (exact) mass is 289 g/mol. The third-order valence-corrected chi connectivity index (χ3v) is 3.48. The van der Waals surface area contributed by atoms with Crippen LogP contribution in [0.1, 0.15) is 49.7 Å². The average Bonchev–Trinajstić information content (AvgIpc) is 2.96. The van der Waals surface area contributed by atoms with Crippen molar-refractivity contribution in [2.75, 3.05) is 7.11 Å². The SMILES string of the molecule is COC(c1noc(C(N)CCc2ccccc2)n1)C(C)C. The van der Waals surface area contributed by atoms with Gasteiger partial charge in [-0.1, -0.05) is 49.3 Å². The third-order valence-electron chi connectivity index (χ3n) is 3.48. The Bertz CT molecular complexity index is 539. The van der Waals surface area contributed by atoms with Crippen molar-refractivity contribution in [2.24, 2.45) is 11.7 Å². The van der Waals surface area contributed by atoms with E-state index in [1.165, 1.54) is 5.56 Å². The summed E-state index contributed by atoms with van der Waals surface area (Å²) in [6, 6.07) is 9.98. The summed E-state index contributed by atoms with van der Waals surface area (Å²) in [5.74, 6) is 1.32. The van der Waals surface area contributed by atoms with Gasteiger partial charge in [-0.05, 0) is 24.3 Å². The molecular formula is C16H23N3O2. The lowest BCUT2D eigenvalue weighted by Gasteiger charge is -2.14. The number of rotatable bonds is 7. The van der Waals surface area contributed by atoms with E-state index in [0.29, 0.717) is 11.7 Å². The highest BCUT2D eigenvalue weighted by Crippen LogP contribution is 2.24. The Kier molecular flexibility index (Phi) is 5.47. The van der Waals surface area contributed by atoms with Crippen molar-refractivity contribution in [3.05, 3.63) is 47.6 Å². The molecule has 0 aliphatic heterocycles. The van der Waals surface area contributed by atoms with Crippen LogP contribution in [0.4, 0.5) is 0 Å². The van der Waals surface area contributed by atoms with Gasteiger partial charge in [0, 0.05) is 7.11 Å². The van der Waals surface area contributed by atoms with Crippen molar-refractivity contribution < 1.29 is 9.26 Å². The van der Waals surface area contributed by atoms with Crippen molar-refractivity contribution in [3.8, 4) is 0 Å². The molecule has 0 aliphatic carbocycles. The summed E-state index contributed by atoms with van der Waals surface area (Å²) >= 11 is 0. The van der Waals surface area contributed by atoms with Crippen LogP contribution >= 0.6 is 0 Å². The first-order chi connectivity index (χ1) is 10.1. The third kappa shape index (κ3) is 4.12. The summed E-state index contributed by atoms with van der Waals surface area (Å²) in [4.78, 5) is 4.39. The number of nitrogens with zero attached hydrogens (tertiary/aromatic N) is 2. The first kappa shape index (κ1) is 15.7. The van der Waals surface area contributed by atoms with Gasteiger partial charge in [0.2, 0.25) is 11.7 Å². The van der Waals surface area contributed by atoms with E-state index in [0.717, 1.165) is 12.8 Å². The van der Waals surface area contributed by atoms with Crippen LogP contribution in [0.2, 0.25) is 0 Å². The van der Waals surface area contributed by atoms with Crippen LogP contribution in [-0.4, -0.2) is 17.3 Å². The molecule has 5 nitrogen and oxygen atoms in total. The number of hydrogen-bond donors (Lipinski definition) is 1. The van der Waals surface area contributed by atoms with Gasteiger partial charge < -0.3 is 15.0 Å². The van der Waals surface area contributed by atoms with Crippen LogP contribution in [0.3, 0.4) is 0 Å². The smallest absolute Gasteiger partial charge is 0.243 e. The Morgan fingerprint density at radius 2 is 1.95 bits per heavy atom. The second-order valence-corrected chi connectivity index (χ2v) is 5.52. The Balaban J connectivity index is 1.97. The van der Waals surface area contributed by atoms with Gasteiger partial charge in [-0.15, -0.1) is 0 Å². The largest absolute Gasteiger partial charge is 0.373 e. The van der Waals surface area contributed by atoms with Crippen molar-refractivity contribution in [1.29, 1.82) is 0 Å². The number of aromatic nitrogens is 2. The van der Waals surface area contributed by atoms with E-state index in [2.05, 4.69) is 36.1 Å². The summed E-state index contributed by atoms with van der Waals surface area (Å²) < 4.78 is 10.7. The predicted octanol–water partition coefficient (Wildman–Crippen LogP) is 3.05. The predicted molar refractivity (Wildman–Crippen MR) is 80.6 cm³/mol. The van der Waals surface area contributed by atoms with Gasteiger partial charge in [-0.2, -0.15) is 4.98 Å². The molecule has 0 bridgehead atoms. The molecule has 0 saturated heterocycles. The highest BCUT2D eigenvalue weighted by molar-refractivity contribution is 5.15. The zero-order valence-corrected chi connectivity index (χ0v) is 12.8. The number of benzene rings is 1. The van der Waals surface area contributed by atoms with Gasteiger partial charge in [0.05, 0.1) is 6.04 Å². The van der Waals surface area contributed by atoms with Crippen molar-refractivity contribution in [3.63, 3.8) is 0 Å². The van der Waals surface area contributed by atoms with Crippen LogP contribution in [0.25, 0.3) is 0 Å². The van der Waals surface area contributed by atoms with E-state index < -0.39 is 0 Å². The van der Waals surface area contributed by atoms with Gasteiger partial charge >= 0.3 is 0 Å². The number of hydrogen-bond acceptors (Lipinski definition) is 5. The summed E-state index contributed by atoms with van der Waals surface area (Å²) in [5.41, 5.74) is 7.39. The molecule has 0 saturated carbocycles. The van der Waals surface area contributed by atoms with Crippen LogP contribution in [0, 0.1) is 5.92 Å². The van der Waals surface area contributed by atoms with Gasteiger partial charge in [0.1, 0.15) is 6.10 Å². The maximum absolute atomic E-state index is 6.14. The molecule has 2 aromatic rings. The lowest BCUT2D eigenvalue weighted by Crippen LogP contribution is -2.13. The lowest BCUT2D eigenvalue weighted by molar-refractivity contribution is 0.0555. The molecule has 114 valence electrons. The minimum Gasteiger partial charge on any atom is -0.373 e. The second-order valence-electron chi connectivity index (χ2n) is 5.52. The summed E-state index contributed by atoms with van der Waals surface area (Å²) in [6.07, 6.45) is 1.49. The normalized spacial score (nSPS) is 14.3. The molecule has 1 heterocycles. The molecule has 1 aromatic heterocycles. The van der Waals surface area contributed by atoms with E-state index in [-0.39, 0.29) is 18.1 Å². The molecule has 0 fully saturated rings. The maximum atomic E-state index is 6.14. The fourth-order valence-electron chi connectivity index (χ4n) is 2.28. The standard InChI is InChI=1S/C16H23N3O2/c1-11(2)14(20-3)15-18-16(21-19-15)13(17)10-9-12-7-5-4-6-8-12/h4-8,11,13-14H,9-10,17H2,1-3H3. The van der Waals surface area contributed by atoms with Crippen LogP contribution in [0.15, 0.2) is 34.9 Å². The zero-order valence-electron chi connectivity index (χ0n) is 12.8. The van der Waals surface area contributed by atoms with Crippen LogP contribution in [0.5, 0.6) is 0 Å². The summed E-state index contributed by atoms with van der Waals surface area (Å²) in [7, 11) is 1.65. The van der Waals surface area contributed by atoms with E-state index in [1.807, 2.05) is 18.2 Å². The van der Waals surface area contributed by atoms with Gasteiger partial charge in [0.25, 0.3) is 0 Å². The number of methoxy groups -OCH3 is 1. The van der Waals surface area contributed by atoms with Crippen LogP contribution < -0.4 is 5.73 Å². The second kappa shape index (κ2) is 7.33. The topological polar surface area (TPSA) is 74.2 Å². The van der Waals surface area contributed by atoms with Gasteiger partial charge in [0.15, 0.2) is 0 Å². The van der Waals surface area contributed by atoms with Gasteiger partial charge in [-0.25, -0.2) is 0 Å². The fourth-order valence-corrected chi connectivity index (χ4v) is 2.28. The van der Waals surface area contributed by atoms with E-state index in [1.54, 1.807) is 7.11 Å². The Morgan fingerprint density at radius 1 is 1.24 bits per heavy atom. The minimum atomic E-state index is -0.254. The number of nitrogens with two attached hydrogens (primary N) is 1. The molecule has 1 aromatic carbocycles. The van der Waals surface area contributed by atoms with Crippen molar-refractivity contribution >= 4 is 0 Å². The molecule has 0 spiro atoms. The molecule has 2 unspecified atom stereocenters. The Labute approximate surface area is 125 Å². The van der Waals surface area contributed by atoms with E-state index in [9.17, 15) is 0 Å². The molecule has 2 rings (SSSR count). The van der Waals surface area contributed by atoms with Crippen molar-refractivity contribution in [2.45, 2.75) is 38.8 Å². The molecule has 0 amide bonds. The average molecular weight is 289 g/mol.